The van der Waals surface area contributed by atoms with Gasteiger partial charge in [0.2, 0.25) is 5.91 Å². The summed E-state index contributed by atoms with van der Waals surface area (Å²) in [5.74, 6) is -0.426. The van der Waals surface area contributed by atoms with Gasteiger partial charge in [-0.1, -0.05) is 13.0 Å². The minimum absolute atomic E-state index is 0.125. The number of ether oxygens (including phenoxy) is 1. The Balaban J connectivity index is 2.89. The van der Waals surface area contributed by atoms with Gasteiger partial charge in [0, 0.05) is 18.3 Å². The molecule has 1 aromatic carbocycles. The molecule has 1 amide bonds. The van der Waals surface area contributed by atoms with E-state index in [1.807, 2.05) is 32.0 Å². The Labute approximate surface area is 113 Å². The second-order valence-electron chi connectivity index (χ2n) is 4.34. The maximum atomic E-state index is 11.5. The molecule has 5 heteroatoms. The molecule has 0 aliphatic carbocycles. The minimum Gasteiger partial charge on any atom is -0.467 e. The first-order valence-corrected chi connectivity index (χ1v) is 6.20. The standard InChI is InChI=1S/C14H20N2O3/c1-5-12(14(18)19-4)16-11-7-6-9(2)13(8-11)15-10(3)17/h6-8,12,16H,5H2,1-4H3,(H,15,17). The van der Waals surface area contributed by atoms with Gasteiger partial charge in [-0.3, -0.25) is 4.79 Å². The van der Waals surface area contributed by atoms with E-state index in [2.05, 4.69) is 10.6 Å². The molecule has 0 aliphatic heterocycles. The second-order valence-corrected chi connectivity index (χ2v) is 4.34. The monoisotopic (exact) mass is 264 g/mol. The first kappa shape index (κ1) is 15.0. The lowest BCUT2D eigenvalue weighted by atomic mass is 10.1. The van der Waals surface area contributed by atoms with Crippen molar-refractivity contribution >= 4 is 23.3 Å². The number of hydrogen-bond donors (Lipinski definition) is 2. The first-order valence-electron chi connectivity index (χ1n) is 6.20. The van der Waals surface area contributed by atoms with Crippen LogP contribution in [0.2, 0.25) is 0 Å². The summed E-state index contributed by atoms with van der Waals surface area (Å²) in [6.45, 7) is 5.27. The average molecular weight is 264 g/mol. The van der Waals surface area contributed by atoms with Gasteiger partial charge in [0.1, 0.15) is 6.04 Å². The fourth-order valence-electron chi connectivity index (χ4n) is 1.71. The zero-order valence-electron chi connectivity index (χ0n) is 11.7. The molecular formula is C14H20N2O3. The molecule has 0 aliphatic rings. The summed E-state index contributed by atoms with van der Waals surface area (Å²) in [6, 6.07) is 5.17. The molecule has 1 unspecified atom stereocenters. The number of amides is 1. The molecule has 0 saturated carbocycles. The molecule has 0 spiro atoms. The predicted molar refractivity (Wildman–Crippen MR) is 75.2 cm³/mol. The van der Waals surface area contributed by atoms with E-state index in [9.17, 15) is 9.59 Å². The van der Waals surface area contributed by atoms with Crippen molar-refractivity contribution in [3.63, 3.8) is 0 Å². The van der Waals surface area contributed by atoms with Gasteiger partial charge in [0.05, 0.1) is 7.11 Å². The van der Waals surface area contributed by atoms with Crippen molar-refractivity contribution in [3.8, 4) is 0 Å². The third-order valence-electron chi connectivity index (χ3n) is 2.78. The second kappa shape index (κ2) is 6.78. The Kier molecular flexibility index (Phi) is 5.36. The highest BCUT2D eigenvalue weighted by Crippen LogP contribution is 2.21. The van der Waals surface area contributed by atoms with Crippen molar-refractivity contribution < 1.29 is 14.3 Å². The van der Waals surface area contributed by atoms with Crippen molar-refractivity contribution in [3.05, 3.63) is 23.8 Å². The van der Waals surface area contributed by atoms with E-state index in [4.69, 9.17) is 4.74 Å². The number of nitrogens with one attached hydrogen (secondary N) is 2. The van der Waals surface area contributed by atoms with Crippen LogP contribution in [0.3, 0.4) is 0 Å². The SMILES string of the molecule is CCC(Nc1ccc(C)c(NC(C)=O)c1)C(=O)OC. The van der Waals surface area contributed by atoms with Crippen molar-refractivity contribution in [2.24, 2.45) is 0 Å². The Hall–Kier alpha value is -2.04. The lowest BCUT2D eigenvalue weighted by Gasteiger charge is -2.17. The largest absolute Gasteiger partial charge is 0.467 e. The Morgan fingerprint density at radius 1 is 1.37 bits per heavy atom. The van der Waals surface area contributed by atoms with Crippen LogP contribution >= 0.6 is 0 Å². The number of methoxy groups -OCH3 is 1. The fourth-order valence-corrected chi connectivity index (χ4v) is 1.71. The topological polar surface area (TPSA) is 67.4 Å². The van der Waals surface area contributed by atoms with Crippen molar-refractivity contribution in [1.82, 2.24) is 0 Å². The number of anilines is 2. The van der Waals surface area contributed by atoms with Gasteiger partial charge in [0.15, 0.2) is 0 Å². The maximum absolute atomic E-state index is 11.5. The van der Waals surface area contributed by atoms with Crippen molar-refractivity contribution in [2.75, 3.05) is 17.7 Å². The van der Waals surface area contributed by atoms with Gasteiger partial charge >= 0.3 is 5.97 Å². The molecule has 1 atom stereocenters. The summed E-state index contributed by atoms with van der Waals surface area (Å²) < 4.78 is 4.72. The summed E-state index contributed by atoms with van der Waals surface area (Å²) in [5.41, 5.74) is 2.47. The zero-order chi connectivity index (χ0) is 14.4. The van der Waals surface area contributed by atoms with E-state index < -0.39 is 6.04 Å². The molecule has 0 fully saturated rings. The summed E-state index contributed by atoms with van der Waals surface area (Å²) >= 11 is 0. The lowest BCUT2D eigenvalue weighted by molar-refractivity contribution is -0.141. The number of carbonyl (C=O) groups is 2. The van der Waals surface area contributed by atoms with Crippen LogP contribution < -0.4 is 10.6 Å². The zero-order valence-corrected chi connectivity index (χ0v) is 11.7. The molecule has 19 heavy (non-hydrogen) atoms. The van der Waals surface area contributed by atoms with Crippen LogP contribution in [0.1, 0.15) is 25.8 Å². The molecule has 0 bridgehead atoms. The molecule has 1 rings (SSSR count). The molecule has 2 N–H and O–H groups in total. The highest BCUT2D eigenvalue weighted by atomic mass is 16.5. The van der Waals surface area contributed by atoms with E-state index in [-0.39, 0.29) is 11.9 Å². The maximum Gasteiger partial charge on any atom is 0.328 e. The average Bonchev–Trinajstić information content (AvgIpc) is 2.38. The van der Waals surface area contributed by atoms with Crippen molar-refractivity contribution in [1.29, 1.82) is 0 Å². The minimum atomic E-state index is -0.391. The number of aryl methyl sites for hydroxylation is 1. The molecule has 1 aromatic rings. The molecule has 5 nitrogen and oxygen atoms in total. The summed E-state index contributed by atoms with van der Waals surface area (Å²) in [6.07, 6.45) is 0.621. The third kappa shape index (κ3) is 4.28. The Morgan fingerprint density at radius 3 is 2.58 bits per heavy atom. The number of rotatable bonds is 5. The number of carbonyl (C=O) groups excluding carboxylic acids is 2. The van der Waals surface area contributed by atoms with Crippen molar-refractivity contribution in [2.45, 2.75) is 33.2 Å². The summed E-state index contributed by atoms with van der Waals surface area (Å²) in [7, 11) is 1.37. The van der Waals surface area contributed by atoms with Gasteiger partial charge in [-0.2, -0.15) is 0 Å². The van der Waals surface area contributed by atoms with Crippen LogP contribution in [0.5, 0.6) is 0 Å². The third-order valence-corrected chi connectivity index (χ3v) is 2.78. The van der Waals surface area contributed by atoms with Crippen LogP contribution in [0.25, 0.3) is 0 Å². The molecule has 0 radical (unpaired) electrons. The number of hydrogen-bond acceptors (Lipinski definition) is 4. The van der Waals surface area contributed by atoms with E-state index in [1.54, 1.807) is 0 Å². The van der Waals surface area contributed by atoms with Crippen LogP contribution in [-0.4, -0.2) is 25.0 Å². The lowest BCUT2D eigenvalue weighted by Crippen LogP contribution is -2.29. The molecular weight excluding hydrogens is 244 g/mol. The molecule has 0 aromatic heterocycles. The van der Waals surface area contributed by atoms with Crippen LogP contribution in [0, 0.1) is 6.92 Å². The van der Waals surface area contributed by atoms with Gasteiger partial charge < -0.3 is 15.4 Å². The normalized spacial score (nSPS) is 11.6. The quantitative estimate of drug-likeness (QED) is 0.801. The van der Waals surface area contributed by atoms with Crippen LogP contribution in [-0.2, 0) is 14.3 Å². The predicted octanol–water partition coefficient (Wildman–Crippen LogP) is 2.32. The van der Waals surface area contributed by atoms with Gasteiger partial charge in [-0.05, 0) is 31.0 Å². The fraction of sp³-hybridized carbons (Fsp3) is 0.429. The van der Waals surface area contributed by atoms with Crippen LogP contribution in [0.15, 0.2) is 18.2 Å². The summed E-state index contributed by atoms with van der Waals surface area (Å²) in [4.78, 5) is 22.6. The molecule has 0 heterocycles. The number of esters is 1. The van der Waals surface area contributed by atoms with Gasteiger partial charge in [-0.15, -0.1) is 0 Å². The van der Waals surface area contributed by atoms with E-state index >= 15 is 0 Å². The van der Waals surface area contributed by atoms with Gasteiger partial charge in [-0.25, -0.2) is 4.79 Å². The van der Waals surface area contributed by atoms with E-state index in [0.29, 0.717) is 6.42 Å². The first-order chi connectivity index (χ1) is 8.97. The Bertz CT molecular complexity index is 472. The molecule has 0 saturated heterocycles. The Morgan fingerprint density at radius 2 is 2.05 bits per heavy atom. The van der Waals surface area contributed by atoms with E-state index in [1.165, 1.54) is 14.0 Å². The molecule has 104 valence electrons. The van der Waals surface area contributed by atoms with Gasteiger partial charge in [0.25, 0.3) is 0 Å². The summed E-state index contributed by atoms with van der Waals surface area (Å²) in [5, 5.41) is 5.85. The highest BCUT2D eigenvalue weighted by molar-refractivity contribution is 5.90. The highest BCUT2D eigenvalue weighted by Gasteiger charge is 2.16. The number of benzene rings is 1. The van der Waals surface area contributed by atoms with E-state index in [0.717, 1.165) is 16.9 Å². The van der Waals surface area contributed by atoms with Crippen LogP contribution in [0.4, 0.5) is 11.4 Å². The smallest absolute Gasteiger partial charge is 0.328 e.